The van der Waals surface area contributed by atoms with Gasteiger partial charge in [0.1, 0.15) is 11.4 Å². The maximum Gasteiger partial charge on any atom is 0.275 e. The Balaban J connectivity index is 0.829. The number of pyridine rings is 1. The molecule has 4 aromatic rings. The number of nitrogens with zero attached hydrogens (tertiary/aromatic N) is 6. The molecular weight excluding hydrogens is 670 g/mol. The molecule has 2 aliphatic heterocycles. The molecule has 53 heavy (non-hydrogen) atoms. The normalized spacial score (nSPS) is 24.2. The number of nitrogens with two attached hydrogens (primary N) is 1. The van der Waals surface area contributed by atoms with Crippen molar-refractivity contribution in [3.63, 3.8) is 0 Å². The van der Waals surface area contributed by atoms with Crippen LogP contribution >= 0.6 is 0 Å². The van der Waals surface area contributed by atoms with Crippen molar-refractivity contribution in [3.8, 4) is 5.75 Å². The average Bonchev–Trinajstić information content (AvgIpc) is 3.92. The molecular formula is C41H49N7O5. The van der Waals surface area contributed by atoms with Crippen molar-refractivity contribution in [2.45, 2.75) is 88.8 Å². The molecule has 278 valence electrons. The van der Waals surface area contributed by atoms with Crippen LogP contribution in [0.15, 0.2) is 65.7 Å². The third-order valence-electron chi connectivity index (χ3n) is 12.0. The van der Waals surface area contributed by atoms with E-state index in [0.29, 0.717) is 35.7 Å². The molecule has 3 amide bonds. The summed E-state index contributed by atoms with van der Waals surface area (Å²) in [6.45, 7) is 6.32. The van der Waals surface area contributed by atoms with Gasteiger partial charge in [-0.15, -0.1) is 0 Å². The molecule has 4 aliphatic rings. The molecule has 0 unspecified atom stereocenters. The summed E-state index contributed by atoms with van der Waals surface area (Å²) < 4.78 is 9.10. The van der Waals surface area contributed by atoms with Gasteiger partial charge in [0.05, 0.1) is 30.1 Å². The minimum absolute atomic E-state index is 0.167. The zero-order valence-corrected chi connectivity index (χ0v) is 30.7. The number of carbonyl (C=O) groups is 3. The number of amides is 3. The van der Waals surface area contributed by atoms with Gasteiger partial charge in [-0.1, -0.05) is 12.1 Å². The van der Waals surface area contributed by atoms with E-state index in [1.807, 2.05) is 18.3 Å². The van der Waals surface area contributed by atoms with E-state index in [9.17, 15) is 19.2 Å². The van der Waals surface area contributed by atoms with Gasteiger partial charge in [0.2, 0.25) is 11.8 Å². The Labute approximate surface area is 309 Å². The summed E-state index contributed by atoms with van der Waals surface area (Å²) in [5.41, 5.74) is 8.67. The fourth-order valence-electron chi connectivity index (χ4n) is 8.85. The van der Waals surface area contributed by atoms with Crippen LogP contribution in [0, 0.1) is 5.92 Å². The minimum Gasteiger partial charge on any atom is -0.496 e. The summed E-state index contributed by atoms with van der Waals surface area (Å²) in [5, 5.41) is 5.72. The van der Waals surface area contributed by atoms with Gasteiger partial charge in [-0.05, 0) is 107 Å². The summed E-state index contributed by atoms with van der Waals surface area (Å²) in [7, 11) is 1.54. The molecule has 12 nitrogen and oxygen atoms in total. The third kappa shape index (κ3) is 6.96. The molecule has 2 aromatic carbocycles. The molecule has 4 fully saturated rings. The Kier molecular flexibility index (Phi) is 9.57. The minimum atomic E-state index is -0.505. The lowest BCUT2D eigenvalue weighted by atomic mass is 9.84. The lowest BCUT2D eigenvalue weighted by molar-refractivity contribution is -0.130. The number of hydrogen-bond donors (Lipinski definition) is 1. The van der Waals surface area contributed by atoms with Crippen molar-refractivity contribution in [2.75, 3.05) is 43.1 Å². The van der Waals surface area contributed by atoms with E-state index >= 15 is 0 Å². The van der Waals surface area contributed by atoms with Crippen molar-refractivity contribution < 1.29 is 19.1 Å². The van der Waals surface area contributed by atoms with Gasteiger partial charge in [-0.3, -0.25) is 28.8 Å². The first-order chi connectivity index (χ1) is 25.7. The van der Waals surface area contributed by atoms with Crippen LogP contribution in [-0.4, -0.2) is 76.3 Å². The molecule has 0 bridgehead atoms. The van der Waals surface area contributed by atoms with Crippen LogP contribution in [0.4, 0.5) is 11.4 Å². The number of imide groups is 1. The molecule has 2 saturated heterocycles. The number of methoxy groups -OCH3 is 1. The number of anilines is 2. The van der Waals surface area contributed by atoms with Crippen molar-refractivity contribution in [1.29, 1.82) is 0 Å². The monoisotopic (exact) mass is 719 g/mol. The molecule has 4 heterocycles. The zero-order valence-electron chi connectivity index (χ0n) is 30.7. The van der Waals surface area contributed by atoms with E-state index < -0.39 is 11.8 Å². The molecule has 2 aliphatic carbocycles. The average molecular weight is 720 g/mol. The maximum atomic E-state index is 13.7. The lowest BCUT2D eigenvalue weighted by Gasteiger charge is -2.42. The Morgan fingerprint density at radius 1 is 0.943 bits per heavy atom. The topological polar surface area (TPSA) is 136 Å². The summed E-state index contributed by atoms with van der Waals surface area (Å²) >= 11 is 0. The first-order valence-corrected chi connectivity index (χ1v) is 19.2. The summed E-state index contributed by atoms with van der Waals surface area (Å²) in [4.78, 5) is 57.9. The second kappa shape index (κ2) is 14.5. The quantitative estimate of drug-likeness (QED) is 0.215. The summed E-state index contributed by atoms with van der Waals surface area (Å²) in [6, 6.07) is 16.1. The van der Waals surface area contributed by atoms with Crippen LogP contribution < -0.4 is 25.8 Å². The number of benzene rings is 2. The first kappa shape index (κ1) is 35.1. The standard InChI is InChI=1S/C41H49N7O5/c1-26-24-44(19-17-27-5-9-32(10-6-27)47-25-29-22-34(39(42)50)37(53-2)23-35(29)43-47)20-21-45(26)30-11-7-28(8-12-30)33-15-16-38(49)48(40(33)51)36-4-3-18-46(41(36)52)31-13-14-31/h3-4,7-8,11-12,18,22-23,25-27,31-33H,5-6,9-10,13-17,19-21,24H2,1-2H3,(H2,42,50)/t26-,27?,32?,33-/m0/s1. The Hall–Kier alpha value is -4.97. The fraction of sp³-hybridized carbons (Fsp3) is 0.488. The van der Waals surface area contributed by atoms with Gasteiger partial charge in [0.25, 0.3) is 11.5 Å². The van der Waals surface area contributed by atoms with Gasteiger partial charge in [0, 0.05) is 67.7 Å². The molecule has 2 atom stereocenters. The summed E-state index contributed by atoms with van der Waals surface area (Å²) in [6.07, 6.45) is 12.1. The second-order valence-electron chi connectivity index (χ2n) is 15.5. The molecule has 0 radical (unpaired) electrons. The predicted molar refractivity (Wildman–Crippen MR) is 204 cm³/mol. The Morgan fingerprint density at radius 3 is 2.40 bits per heavy atom. The highest BCUT2D eigenvalue weighted by Crippen LogP contribution is 2.37. The molecule has 8 rings (SSSR count). The van der Waals surface area contributed by atoms with Gasteiger partial charge in [-0.25, -0.2) is 4.90 Å². The highest BCUT2D eigenvalue weighted by Gasteiger charge is 2.38. The largest absolute Gasteiger partial charge is 0.496 e. The first-order valence-electron chi connectivity index (χ1n) is 19.2. The Bertz CT molecular complexity index is 2080. The number of piperidine rings is 1. The molecule has 12 heteroatoms. The number of hydrogen-bond acceptors (Lipinski definition) is 8. The number of aromatic nitrogens is 3. The third-order valence-corrected chi connectivity index (χ3v) is 12.0. The van der Waals surface area contributed by atoms with E-state index in [-0.39, 0.29) is 35.5 Å². The van der Waals surface area contributed by atoms with Gasteiger partial charge in [-0.2, -0.15) is 5.10 Å². The zero-order chi connectivity index (χ0) is 36.8. The van der Waals surface area contributed by atoms with E-state index in [0.717, 1.165) is 78.9 Å². The van der Waals surface area contributed by atoms with Crippen LogP contribution in [0.25, 0.3) is 10.9 Å². The van der Waals surface area contributed by atoms with Crippen LogP contribution in [-0.2, 0) is 9.59 Å². The van der Waals surface area contributed by atoms with Gasteiger partial charge < -0.3 is 19.9 Å². The lowest BCUT2D eigenvalue weighted by Crippen LogP contribution is -2.52. The van der Waals surface area contributed by atoms with Crippen LogP contribution in [0.5, 0.6) is 5.75 Å². The van der Waals surface area contributed by atoms with Crippen molar-refractivity contribution in [3.05, 3.63) is 82.4 Å². The van der Waals surface area contributed by atoms with Gasteiger partial charge in [0.15, 0.2) is 0 Å². The fourth-order valence-corrected chi connectivity index (χ4v) is 8.85. The van der Waals surface area contributed by atoms with E-state index in [1.165, 1.54) is 26.4 Å². The Morgan fingerprint density at radius 2 is 1.70 bits per heavy atom. The number of rotatable bonds is 10. The van der Waals surface area contributed by atoms with Crippen LogP contribution in [0.2, 0.25) is 0 Å². The van der Waals surface area contributed by atoms with E-state index in [2.05, 4.69) is 33.5 Å². The number of primary amides is 1. The highest BCUT2D eigenvalue weighted by atomic mass is 16.5. The molecule has 2 aromatic heterocycles. The van der Waals surface area contributed by atoms with Crippen molar-refractivity contribution in [1.82, 2.24) is 19.2 Å². The second-order valence-corrected chi connectivity index (χ2v) is 15.5. The SMILES string of the molecule is COc1cc2nn(C3CCC(CCN4CCN(c5ccc([C@@H]6CCC(=O)N(c7cccn(C8CC8)c7=O)C6=O)cc5)[C@@H](C)C4)CC3)cc2cc1C(N)=O. The molecule has 2 saturated carbocycles. The predicted octanol–water partition coefficient (Wildman–Crippen LogP) is 5.41. The molecule has 0 spiro atoms. The summed E-state index contributed by atoms with van der Waals surface area (Å²) in [5.74, 6) is -0.424. The van der Waals surface area contributed by atoms with Crippen LogP contribution in [0.1, 0.15) is 98.6 Å². The smallest absolute Gasteiger partial charge is 0.275 e. The van der Waals surface area contributed by atoms with Crippen LogP contribution in [0.3, 0.4) is 0 Å². The number of piperazine rings is 1. The van der Waals surface area contributed by atoms with E-state index in [4.69, 9.17) is 15.6 Å². The van der Waals surface area contributed by atoms with Crippen molar-refractivity contribution >= 4 is 40.0 Å². The van der Waals surface area contributed by atoms with E-state index in [1.54, 1.807) is 35.0 Å². The van der Waals surface area contributed by atoms with Crippen molar-refractivity contribution in [2.24, 2.45) is 11.7 Å². The maximum absolute atomic E-state index is 13.7. The highest BCUT2D eigenvalue weighted by molar-refractivity contribution is 6.18. The molecule has 2 N–H and O–H groups in total. The number of ether oxygens (including phenoxy) is 1. The number of carbonyl (C=O) groups excluding carboxylic acids is 3. The number of fused-ring (bicyclic) bond motifs is 1. The van der Waals surface area contributed by atoms with Gasteiger partial charge >= 0.3 is 0 Å².